The van der Waals surface area contributed by atoms with E-state index >= 15 is 0 Å². The van der Waals surface area contributed by atoms with Gasteiger partial charge in [-0.05, 0) is 19.3 Å². The lowest BCUT2D eigenvalue weighted by molar-refractivity contribution is -0.130. The van der Waals surface area contributed by atoms with Crippen LogP contribution in [0.3, 0.4) is 0 Å². The van der Waals surface area contributed by atoms with Crippen molar-refractivity contribution in [2.24, 2.45) is 5.92 Å². The molecular weight excluding hydrogens is 298 g/mol. The molecule has 0 aromatic carbocycles. The van der Waals surface area contributed by atoms with Gasteiger partial charge in [0.2, 0.25) is 5.91 Å². The Morgan fingerprint density at radius 2 is 1.29 bits per heavy atom. The molecule has 1 N–H and O–H groups in total. The Bertz CT molecular complexity index is 328. The molecular formula is C21H41NO2. The molecule has 0 heterocycles. The lowest BCUT2D eigenvalue weighted by Gasteiger charge is -2.20. The normalized spacial score (nSPS) is 13.5. The van der Waals surface area contributed by atoms with E-state index in [0.29, 0.717) is 6.42 Å². The third-order valence-corrected chi connectivity index (χ3v) is 4.74. The van der Waals surface area contributed by atoms with Gasteiger partial charge in [-0.1, -0.05) is 85.5 Å². The van der Waals surface area contributed by atoms with Crippen molar-refractivity contribution in [3.8, 4) is 0 Å². The second kappa shape index (κ2) is 15.7. The van der Waals surface area contributed by atoms with Gasteiger partial charge < -0.3 is 5.32 Å². The van der Waals surface area contributed by atoms with Crippen LogP contribution in [0.1, 0.15) is 111 Å². The highest BCUT2D eigenvalue weighted by molar-refractivity contribution is 5.89. The molecule has 0 saturated heterocycles. The van der Waals surface area contributed by atoms with Crippen LogP contribution in [0.5, 0.6) is 0 Å². The van der Waals surface area contributed by atoms with Gasteiger partial charge in [0.1, 0.15) is 0 Å². The zero-order valence-corrected chi connectivity index (χ0v) is 16.7. The quantitative estimate of drug-likeness (QED) is 0.361. The number of nitrogens with one attached hydrogen (secondary N) is 1. The molecule has 0 radical (unpaired) electrons. The van der Waals surface area contributed by atoms with Gasteiger partial charge in [0.25, 0.3) is 0 Å². The largest absolute Gasteiger partial charge is 0.346 e. The summed E-state index contributed by atoms with van der Waals surface area (Å²) < 4.78 is 0. The highest BCUT2D eigenvalue weighted by atomic mass is 16.2. The van der Waals surface area contributed by atoms with E-state index in [4.69, 9.17) is 0 Å². The second-order valence-corrected chi connectivity index (χ2v) is 7.23. The zero-order chi connectivity index (χ0) is 18.2. The minimum Gasteiger partial charge on any atom is -0.346 e. The smallest absolute Gasteiger partial charge is 0.223 e. The molecule has 142 valence electrons. The summed E-state index contributed by atoms with van der Waals surface area (Å²) in [5.74, 6) is 0.280. The Labute approximate surface area is 150 Å². The van der Waals surface area contributed by atoms with Crippen molar-refractivity contribution < 1.29 is 9.59 Å². The maximum absolute atomic E-state index is 12.4. The molecule has 0 aromatic heterocycles. The summed E-state index contributed by atoms with van der Waals surface area (Å²) in [4.78, 5) is 24.6. The highest BCUT2D eigenvalue weighted by Crippen LogP contribution is 2.14. The van der Waals surface area contributed by atoms with Crippen molar-refractivity contribution in [3.05, 3.63) is 0 Å². The third kappa shape index (κ3) is 11.6. The van der Waals surface area contributed by atoms with Crippen molar-refractivity contribution in [2.45, 2.75) is 117 Å². The molecule has 0 aliphatic heterocycles. The first-order valence-corrected chi connectivity index (χ1v) is 10.4. The monoisotopic (exact) mass is 339 g/mol. The predicted molar refractivity (Wildman–Crippen MR) is 103 cm³/mol. The Morgan fingerprint density at radius 1 is 0.750 bits per heavy atom. The van der Waals surface area contributed by atoms with Crippen LogP contribution in [0.2, 0.25) is 0 Å². The number of carbonyl (C=O) groups excluding carboxylic acids is 2. The molecule has 2 unspecified atom stereocenters. The summed E-state index contributed by atoms with van der Waals surface area (Å²) in [5.41, 5.74) is 0. The van der Waals surface area contributed by atoms with Gasteiger partial charge in [0.05, 0.1) is 6.04 Å². The summed E-state index contributed by atoms with van der Waals surface area (Å²) in [6.45, 7) is 8.39. The molecule has 3 nitrogen and oxygen atoms in total. The minimum absolute atomic E-state index is 0.0132. The van der Waals surface area contributed by atoms with Crippen LogP contribution in [-0.4, -0.2) is 17.7 Å². The first kappa shape index (κ1) is 23.1. The summed E-state index contributed by atoms with van der Waals surface area (Å²) in [5, 5.41) is 3.03. The minimum atomic E-state index is -0.268. The summed E-state index contributed by atoms with van der Waals surface area (Å²) in [6, 6.07) is -0.268. The molecule has 0 aromatic rings. The van der Waals surface area contributed by atoms with Crippen molar-refractivity contribution >= 4 is 11.7 Å². The lowest BCUT2D eigenvalue weighted by atomic mass is 9.98. The standard InChI is InChI=1S/C21H41NO2/c1-5-8-10-11-12-14-16-18(4)21(24)22-19(17-13-9-6-2)20(23)15-7-3/h18-19H,5-17H2,1-4H3,(H,22,24). The molecule has 0 aliphatic carbocycles. The molecule has 0 spiro atoms. The molecule has 2 atom stereocenters. The first-order chi connectivity index (χ1) is 11.6. The Balaban J connectivity index is 4.18. The van der Waals surface area contributed by atoms with E-state index in [1.54, 1.807) is 0 Å². The number of rotatable bonds is 16. The Kier molecular flexibility index (Phi) is 15.1. The SMILES string of the molecule is CCCCCCCCC(C)C(=O)NC(CCCCC)C(=O)CCC. The summed E-state index contributed by atoms with van der Waals surface area (Å²) >= 11 is 0. The van der Waals surface area contributed by atoms with Crippen molar-refractivity contribution in [3.63, 3.8) is 0 Å². The van der Waals surface area contributed by atoms with E-state index in [2.05, 4.69) is 19.2 Å². The fourth-order valence-corrected chi connectivity index (χ4v) is 3.01. The third-order valence-electron chi connectivity index (χ3n) is 4.74. The molecule has 0 fully saturated rings. The number of amides is 1. The van der Waals surface area contributed by atoms with Crippen molar-refractivity contribution in [2.75, 3.05) is 0 Å². The van der Waals surface area contributed by atoms with Crippen LogP contribution in [0, 0.1) is 5.92 Å². The van der Waals surface area contributed by atoms with Gasteiger partial charge in [-0.3, -0.25) is 9.59 Å². The van der Waals surface area contributed by atoms with Gasteiger partial charge in [0, 0.05) is 12.3 Å². The van der Waals surface area contributed by atoms with Gasteiger partial charge >= 0.3 is 0 Å². The topological polar surface area (TPSA) is 46.2 Å². The van der Waals surface area contributed by atoms with Crippen LogP contribution >= 0.6 is 0 Å². The molecule has 1 amide bonds. The van der Waals surface area contributed by atoms with Crippen LogP contribution in [-0.2, 0) is 9.59 Å². The second-order valence-electron chi connectivity index (χ2n) is 7.23. The van der Waals surface area contributed by atoms with E-state index in [9.17, 15) is 9.59 Å². The van der Waals surface area contributed by atoms with Crippen LogP contribution in [0.25, 0.3) is 0 Å². The van der Waals surface area contributed by atoms with Crippen LogP contribution in [0.15, 0.2) is 0 Å². The predicted octanol–water partition coefficient (Wildman–Crippen LogP) is 5.81. The average molecular weight is 340 g/mol. The van der Waals surface area contributed by atoms with Crippen molar-refractivity contribution in [1.82, 2.24) is 5.32 Å². The van der Waals surface area contributed by atoms with Gasteiger partial charge in [-0.2, -0.15) is 0 Å². The number of carbonyl (C=O) groups is 2. The van der Waals surface area contributed by atoms with Crippen LogP contribution in [0.4, 0.5) is 0 Å². The van der Waals surface area contributed by atoms with Crippen molar-refractivity contribution in [1.29, 1.82) is 0 Å². The summed E-state index contributed by atoms with van der Waals surface area (Å²) in [7, 11) is 0. The highest BCUT2D eigenvalue weighted by Gasteiger charge is 2.22. The number of hydrogen-bond acceptors (Lipinski definition) is 2. The maximum atomic E-state index is 12.4. The molecule has 3 heteroatoms. The zero-order valence-electron chi connectivity index (χ0n) is 16.7. The Morgan fingerprint density at radius 3 is 1.92 bits per heavy atom. The maximum Gasteiger partial charge on any atom is 0.223 e. The van der Waals surface area contributed by atoms with Gasteiger partial charge in [0.15, 0.2) is 5.78 Å². The van der Waals surface area contributed by atoms with E-state index in [-0.39, 0.29) is 23.7 Å². The van der Waals surface area contributed by atoms with E-state index in [0.717, 1.165) is 44.9 Å². The first-order valence-electron chi connectivity index (χ1n) is 10.4. The fraction of sp³-hybridized carbons (Fsp3) is 0.905. The van der Waals surface area contributed by atoms with Gasteiger partial charge in [-0.15, -0.1) is 0 Å². The molecule has 0 saturated carbocycles. The number of Topliss-reactive ketones (excluding diaryl/α,β-unsaturated/α-hetero) is 1. The number of ketones is 1. The molecule has 0 rings (SSSR count). The summed E-state index contributed by atoms with van der Waals surface area (Å²) in [6.07, 6.45) is 13.9. The number of unbranched alkanes of at least 4 members (excludes halogenated alkanes) is 7. The fourth-order valence-electron chi connectivity index (χ4n) is 3.01. The van der Waals surface area contributed by atoms with E-state index in [1.807, 2.05) is 13.8 Å². The Hall–Kier alpha value is -0.860. The average Bonchev–Trinajstić information content (AvgIpc) is 2.57. The van der Waals surface area contributed by atoms with Crippen LogP contribution < -0.4 is 5.32 Å². The molecule has 0 aliphatic rings. The van der Waals surface area contributed by atoms with E-state index in [1.165, 1.54) is 32.1 Å². The van der Waals surface area contributed by atoms with E-state index < -0.39 is 0 Å². The molecule has 24 heavy (non-hydrogen) atoms. The lowest BCUT2D eigenvalue weighted by Crippen LogP contribution is -2.43. The number of hydrogen-bond donors (Lipinski definition) is 1. The van der Waals surface area contributed by atoms with Gasteiger partial charge in [-0.25, -0.2) is 0 Å². The molecule has 0 bridgehead atoms.